The zero-order valence-corrected chi connectivity index (χ0v) is 36.9. The van der Waals surface area contributed by atoms with E-state index in [0.29, 0.717) is 12.1 Å². The number of rotatable bonds is 8. The second-order valence-corrected chi connectivity index (χ2v) is 14.2. The summed E-state index contributed by atoms with van der Waals surface area (Å²) in [4.78, 5) is -4.08. The normalized spacial score (nSPS) is 12.2. The van der Waals surface area contributed by atoms with Gasteiger partial charge in [-0.15, -0.1) is 15.3 Å². The molecule has 0 fully saturated rings. The molecule has 0 aromatic heterocycles. The maximum absolute atomic E-state index is 13.5. The summed E-state index contributed by atoms with van der Waals surface area (Å²) in [7, 11) is -20.9. The maximum atomic E-state index is 13.5. The fourth-order valence-corrected chi connectivity index (χ4v) is 6.17. The van der Waals surface area contributed by atoms with Crippen LogP contribution >= 0.6 is 0 Å². The summed E-state index contributed by atoms with van der Waals surface area (Å²) >= 11 is 0. The standard InChI is InChI=1S/C22H18N6O13S4.4Na/c23-11-1-6-15(43(33,34)35)14(9-11)26-28-21-17(45(39,40)41)8-10-7-16(44(36,37)38)20(19(24)18(10)22(21)29)27-25-12-2-4-13(5-3-12)42(30,31)32;;;;/h1-9,29H,23-24H2,(H,30,31,32)(H,33,34,35)(H,36,37,38)(H,39,40,41);;;;/q;4*+1/p-4. The van der Waals surface area contributed by atoms with E-state index in [1.165, 1.54) is 0 Å². The molecule has 0 aliphatic carbocycles. The molecule has 0 aliphatic rings. The number of fused-ring (bicyclic) bond motifs is 1. The first-order chi connectivity index (χ1) is 20.6. The molecule has 0 unspecified atom stereocenters. The van der Waals surface area contributed by atoms with Gasteiger partial charge in [0.2, 0.25) is 0 Å². The minimum absolute atomic E-state index is 0. The molecule has 0 aliphatic heterocycles. The van der Waals surface area contributed by atoms with E-state index < -0.39 is 99.3 Å². The largest absolute Gasteiger partial charge is 1.00 e. The van der Waals surface area contributed by atoms with Gasteiger partial charge in [0.1, 0.15) is 46.6 Å². The number of hydrogen-bond donors (Lipinski definition) is 3. The fourth-order valence-electron chi connectivity index (χ4n) is 3.80. The molecule has 4 rings (SSSR count). The zero-order chi connectivity index (χ0) is 33.7. The number of nitrogen functional groups attached to an aromatic ring is 2. The Kier molecular flexibility index (Phi) is 17.7. The van der Waals surface area contributed by atoms with Gasteiger partial charge in [0.05, 0.1) is 31.7 Å². The van der Waals surface area contributed by atoms with Crippen molar-refractivity contribution in [2.45, 2.75) is 19.6 Å². The average Bonchev–Trinajstić information content (AvgIpc) is 2.89. The van der Waals surface area contributed by atoms with Crippen molar-refractivity contribution in [3.05, 3.63) is 54.6 Å². The van der Waals surface area contributed by atoms with Crippen LogP contribution in [0.15, 0.2) is 94.6 Å². The van der Waals surface area contributed by atoms with Gasteiger partial charge < -0.3 is 30.2 Å². The van der Waals surface area contributed by atoms with Gasteiger partial charge in [-0.25, -0.2) is 25.3 Å². The van der Waals surface area contributed by atoms with E-state index in [4.69, 9.17) is 11.5 Å². The van der Waals surface area contributed by atoms with E-state index in [1.807, 2.05) is 0 Å². The van der Waals surface area contributed by atoms with Crippen LogP contribution in [0.5, 0.6) is 5.75 Å². The van der Waals surface area contributed by atoms with Crippen LogP contribution in [0.25, 0.3) is 10.8 Å². The van der Waals surface area contributed by atoms with E-state index >= 15 is 0 Å². The van der Waals surface area contributed by atoms with Crippen LogP contribution in [-0.2, 0) is 40.5 Å². The van der Waals surface area contributed by atoms with Gasteiger partial charge in [-0.2, -0.15) is 13.5 Å². The molecule has 0 radical (unpaired) electrons. The number of hydrogen-bond acceptors (Lipinski definition) is 18. The molecule has 19 nitrogen and oxygen atoms in total. The molecule has 0 atom stereocenters. The molecular formula is C22H14N6Na4O13S4. The molecule has 0 amide bonds. The molecule has 0 bridgehead atoms. The minimum Gasteiger partial charge on any atom is -0.870 e. The smallest absolute Gasteiger partial charge is 0.870 e. The van der Waals surface area contributed by atoms with Crippen LogP contribution in [0.3, 0.4) is 0 Å². The Morgan fingerprint density at radius 1 is 0.592 bits per heavy atom. The van der Waals surface area contributed by atoms with Gasteiger partial charge in [0.25, 0.3) is 10.1 Å². The van der Waals surface area contributed by atoms with Crippen molar-refractivity contribution < 1.29 is 175 Å². The van der Waals surface area contributed by atoms with Crippen molar-refractivity contribution in [1.82, 2.24) is 0 Å². The fraction of sp³-hybridized carbons (Fsp3) is 0. The van der Waals surface area contributed by atoms with Crippen LogP contribution in [0, 0.1) is 0 Å². The number of nitrogens with zero attached hydrogens (tertiary/aromatic N) is 4. The summed E-state index contributed by atoms with van der Waals surface area (Å²) in [5.41, 5.74) is 7.57. The topological polar surface area (TPSA) is 351 Å². The molecule has 4 aromatic rings. The molecule has 0 heterocycles. The Morgan fingerprint density at radius 3 is 1.59 bits per heavy atom. The minimum atomic E-state index is -5.48. The summed E-state index contributed by atoms with van der Waals surface area (Å²) in [6.07, 6.45) is 0. The molecule has 0 saturated heterocycles. The van der Waals surface area contributed by atoms with Crippen molar-refractivity contribution in [2.75, 3.05) is 11.5 Å². The summed E-state index contributed by atoms with van der Waals surface area (Å²) in [5, 5.41) is 26.3. The predicted octanol–water partition coefficient (Wildman–Crippen LogP) is -10.1. The van der Waals surface area contributed by atoms with Gasteiger partial charge in [0, 0.05) is 11.1 Å². The Bertz CT molecular complexity index is 2410. The number of benzene rings is 4. The van der Waals surface area contributed by atoms with Crippen LogP contribution in [0.2, 0.25) is 0 Å². The third-order valence-electron chi connectivity index (χ3n) is 5.74. The molecular weight excluding hydrogens is 776 g/mol. The zero-order valence-electron chi connectivity index (χ0n) is 25.6. The van der Waals surface area contributed by atoms with E-state index in [0.717, 1.165) is 42.5 Å². The molecule has 27 heteroatoms. The predicted molar refractivity (Wildman–Crippen MR) is 147 cm³/mol. The summed E-state index contributed by atoms with van der Waals surface area (Å²) in [5.74, 6) is -1.45. The molecule has 49 heavy (non-hydrogen) atoms. The quantitative estimate of drug-likeness (QED) is 0.0646. The van der Waals surface area contributed by atoms with Crippen molar-refractivity contribution in [2.24, 2.45) is 20.5 Å². The molecule has 238 valence electrons. The average molecular weight is 791 g/mol. The Morgan fingerprint density at radius 2 is 1.10 bits per heavy atom. The second kappa shape index (κ2) is 17.9. The Hall–Kier alpha value is -0.620. The van der Waals surface area contributed by atoms with Crippen molar-refractivity contribution >= 4 is 85.4 Å². The number of nitrogens with two attached hydrogens (primary N) is 2. The SMILES string of the molecule is Nc1ccc(S(=O)(=O)[O-])c(N=Nc2c(S(=O)(=O)O)cc3cc(S(=O)(=O)[O-])c(N=Nc4ccc(S(=O)(=O)[O-])cc4)c(N)c3c2[O-])c1.[Na+].[Na+].[Na+].[Na+]. The van der Waals surface area contributed by atoms with Crippen LogP contribution in [-0.4, -0.2) is 51.9 Å². The van der Waals surface area contributed by atoms with Gasteiger partial charge in [0.15, 0.2) is 0 Å². The third-order valence-corrected chi connectivity index (χ3v) is 9.19. The molecule has 5 N–H and O–H groups in total. The summed E-state index contributed by atoms with van der Waals surface area (Å²) in [6.45, 7) is 0. The Balaban J connectivity index is 0.00000576. The third kappa shape index (κ3) is 11.4. The first-order valence-corrected chi connectivity index (χ1v) is 17.0. The van der Waals surface area contributed by atoms with Gasteiger partial charge >= 0.3 is 118 Å². The van der Waals surface area contributed by atoms with E-state index in [-0.39, 0.29) is 130 Å². The Labute approximate surface area is 367 Å². The summed E-state index contributed by atoms with van der Waals surface area (Å²) < 4.78 is 139. The van der Waals surface area contributed by atoms with E-state index in [1.54, 1.807) is 0 Å². The van der Waals surface area contributed by atoms with Crippen molar-refractivity contribution in [1.29, 1.82) is 0 Å². The monoisotopic (exact) mass is 790 g/mol. The van der Waals surface area contributed by atoms with Crippen molar-refractivity contribution in [3.8, 4) is 5.75 Å². The van der Waals surface area contributed by atoms with Gasteiger partial charge in [-0.1, -0.05) is 5.75 Å². The molecule has 0 saturated carbocycles. The first-order valence-electron chi connectivity index (χ1n) is 11.4. The van der Waals surface area contributed by atoms with Crippen LogP contribution in [0.4, 0.5) is 34.1 Å². The number of anilines is 2. The second-order valence-electron chi connectivity index (χ2n) is 8.75. The molecule has 4 aromatic carbocycles. The maximum Gasteiger partial charge on any atom is 1.00 e. The van der Waals surface area contributed by atoms with Crippen LogP contribution in [0.1, 0.15) is 0 Å². The van der Waals surface area contributed by atoms with Crippen LogP contribution < -0.4 is 135 Å². The van der Waals surface area contributed by atoms with E-state index in [9.17, 15) is 57.0 Å². The van der Waals surface area contributed by atoms with Gasteiger partial charge in [-0.05, 0) is 60.0 Å². The van der Waals surface area contributed by atoms with Gasteiger partial charge in [-0.3, -0.25) is 4.55 Å². The summed E-state index contributed by atoms with van der Waals surface area (Å²) in [6, 6.07) is 7.33. The molecule has 0 spiro atoms. The number of azo groups is 2. The van der Waals surface area contributed by atoms with E-state index in [2.05, 4.69) is 20.5 Å². The first kappa shape index (κ1) is 48.4. The van der Waals surface area contributed by atoms with Crippen molar-refractivity contribution in [3.63, 3.8) is 0 Å².